The molecule has 0 aromatic carbocycles. The number of hydrogen-bond donors (Lipinski definition) is 2. The molecule has 0 fully saturated rings. The Morgan fingerprint density at radius 1 is 0.947 bits per heavy atom. The molecule has 0 spiro atoms. The van der Waals surface area contributed by atoms with Crippen LogP contribution >= 0.6 is 0 Å². The van der Waals surface area contributed by atoms with Crippen molar-refractivity contribution in [3.8, 4) is 0 Å². The van der Waals surface area contributed by atoms with Crippen molar-refractivity contribution in [1.29, 1.82) is 0 Å². The Labute approximate surface area is 109 Å². The van der Waals surface area contributed by atoms with Gasteiger partial charge in [-0.3, -0.25) is 14.4 Å². The topological polar surface area (TPSA) is 124 Å². The van der Waals surface area contributed by atoms with Crippen LogP contribution in [0.15, 0.2) is 0 Å². The molecule has 2 amide bonds. The van der Waals surface area contributed by atoms with Gasteiger partial charge in [-0.05, 0) is 6.92 Å². The zero-order valence-electron chi connectivity index (χ0n) is 10.7. The molecule has 9 heteroatoms. The maximum absolute atomic E-state index is 11.9. The maximum atomic E-state index is 11.9. The molecule has 108 valence electrons. The number of carboxylic acid groups (broad SMARTS) is 2. The Morgan fingerprint density at radius 3 is 1.74 bits per heavy atom. The van der Waals surface area contributed by atoms with Gasteiger partial charge in [0.2, 0.25) is 0 Å². The standard InChI is InChI=1S/C10H16N2O7/c1-3-11(6-9(17)19-2)10(18)12(4-7(13)14)5-8(15)16/h3-6H2,1-2H3,(H,13,14)(H,15,16). The van der Waals surface area contributed by atoms with Crippen molar-refractivity contribution in [1.82, 2.24) is 9.80 Å². The Morgan fingerprint density at radius 2 is 1.42 bits per heavy atom. The Balaban J connectivity index is 4.86. The average molecular weight is 276 g/mol. The van der Waals surface area contributed by atoms with Crippen LogP contribution in [0.2, 0.25) is 0 Å². The van der Waals surface area contributed by atoms with E-state index in [4.69, 9.17) is 10.2 Å². The predicted molar refractivity (Wildman–Crippen MR) is 61.5 cm³/mol. The van der Waals surface area contributed by atoms with Crippen LogP contribution < -0.4 is 0 Å². The minimum atomic E-state index is -1.34. The third kappa shape index (κ3) is 6.24. The van der Waals surface area contributed by atoms with E-state index in [0.717, 1.165) is 12.0 Å². The van der Waals surface area contributed by atoms with Gasteiger partial charge >= 0.3 is 23.9 Å². The van der Waals surface area contributed by atoms with Crippen molar-refractivity contribution >= 4 is 23.9 Å². The quantitative estimate of drug-likeness (QED) is 0.575. The molecule has 0 bridgehead atoms. The van der Waals surface area contributed by atoms with Gasteiger partial charge in [0.05, 0.1) is 7.11 Å². The number of methoxy groups -OCH3 is 1. The fourth-order valence-electron chi connectivity index (χ4n) is 1.25. The van der Waals surface area contributed by atoms with Crippen molar-refractivity contribution in [3.63, 3.8) is 0 Å². The second-order valence-corrected chi connectivity index (χ2v) is 3.52. The van der Waals surface area contributed by atoms with Crippen LogP contribution in [0.25, 0.3) is 0 Å². The van der Waals surface area contributed by atoms with Crippen LogP contribution in [-0.2, 0) is 19.1 Å². The van der Waals surface area contributed by atoms with Gasteiger partial charge in [0.1, 0.15) is 19.6 Å². The number of amides is 2. The second kappa shape index (κ2) is 7.90. The van der Waals surface area contributed by atoms with Crippen LogP contribution in [-0.4, -0.2) is 77.2 Å². The van der Waals surface area contributed by atoms with E-state index in [0.29, 0.717) is 4.90 Å². The molecule has 0 saturated carbocycles. The Hall–Kier alpha value is -2.32. The molecular formula is C10H16N2O7. The third-order valence-electron chi connectivity index (χ3n) is 2.12. The normalized spacial score (nSPS) is 9.58. The molecule has 0 aromatic rings. The Kier molecular flexibility index (Phi) is 6.94. The first kappa shape index (κ1) is 16.7. The van der Waals surface area contributed by atoms with Crippen LogP contribution in [0.5, 0.6) is 0 Å². The number of carbonyl (C=O) groups is 4. The number of esters is 1. The number of rotatable bonds is 7. The minimum Gasteiger partial charge on any atom is -0.480 e. The van der Waals surface area contributed by atoms with Gasteiger partial charge in [0.25, 0.3) is 0 Å². The highest BCUT2D eigenvalue weighted by molar-refractivity contribution is 5.86. The summed E-state index contributed by atoms with van der Waals surface area (Å²) in [6, 6.07) is -0.849. The second-order valence-electron chi connectivity index (χ2n) is 3.52. The summed E-state index contributed by atoms with van der Waals surface area (Å²) in [5, 5.41) is 17.3. The molecule has 0 saturated heterocycles. The number of likely N-dealkylation sites (N-methyl/N-ethyl adjacent to an activating group) is 1. The van der Waals surface area contributed by atoms with E-state index in [1.165, 1.54) is 0 Å². The summed E-state index contributed by atoms with van der Waals surface area (Å²) >= 11 is 0. The monoisotopic (exact) mass is 276 g/mol. The minimum absolute atomic E-state index is 0.115. The first-order valence-electron chi connectivity index (χ1n) is 5.36. The van der Waals surface area contributed by atoms with Gasteiger partial charge in [0.15, 0.2) is 0 Å². The number of urea groups is 1. The summed E-state index contributed by atoms with van der Waals surface area (Å²) in [5.41, 5.74) is 0. The van der Waals surface area contributed by atoms with E-state index < -0.39 is 37.0 Å². The zero-order chi connectivity index (χ0) is 15.0. The smallest absolute Gasteiger partial charge is 0.325 e. The first-order valence-corrected chi connectivity index (χ1v) is 5.36. The van der Waals surface area contributed by atoms with E-state index in [2.05, 4.69) is 4.74 Å². The molecule has 0 atom stereocenters. The number of ether oxygens (including phenoxy) is 1. The molecule has 2 N–H and O–H groups in total. The maximum Gasteiger partial charge on any atom is 0.325 e. The lowest BCUT2D eigenvalue weighted by molar-refractivity contribution is -0.141. The molecule has 0 aliphatic rings. The summed E-state index contributed by atoms with van der Waals surface area (Å²) in [7, 11) is 1.15. The van der Waals surface area contributed by atoms with Gasteiger partial charge in [-0.15, -0.1) is 0 Å². The predicted octanol–water partition coefficient (Wildman–Crippen LogP) is -0.927. The highest BCUT2D eigenvalue weighted by atomic mass is 16.5. The zero-order valence-corrected chi connectivity index (χ0v) is 10.7. The number of nitrogens with zero attached hydrogens (tertiary/aromatic N) is 2. The van der Waals surface area contributed by atoms with Crippen molar-refractivity contribution in [3.05, 3.63) is 0 Å². The van der Waals surface area contributed by atoms with Crippen LogP contribution in [0.4, 0.5) is 4.79 Å². The number of carbonyl (C=O) groups excluding carboxylic acids is 2. The molecule has 0 heterocycles. The van der Waals surface area contributed by atoms with Crippen molar-refractivity contribution in [2.24, 2.45) is 0 Å². The van der Waals surface area contributed by atoms with E-state index >= 15 is 0 Å². The number of carboxylic acids is 2. The van der Waals surface area contributed by atoms with E-state index in [1.807, 2.05) is 0 Å². The fraction of sp³-hybridized carbons (Fsp3) is 0.600. The van der Waals surface area contributed by atoms with Gasteiger partial charge in [-0.25, -0.2) is 4.79 Å². The Bertz CT molecular complexity index is 353. The van der Waals surface area contributed by atoms with Crippen molar-refractivity contribution in [2.75, 3.05) is 33.3 Å². The van der Waals surface area contributed by atoms with Crippen LogP contribution in [0.3, 0.4) is 0 Å². The van der Waals surface area contributed by atoms with Crippen molar-refractivity contribution < 1.29 is 34.1 Å². The summed E-state index contributed by atoms with van der Waals surface area (Å²) < 4.78 is 4.39. The summed E-state index contributed by atoms with van der Waals surface area (Å²) in [6.07, 6.45) is 0. The fourth-order valence-corrected chi connectivity index (χ4v) is 1.25. The molecule has 9 nitrogen and oxygen atoms in total. The molecular weight excluding hydrogens is 260 g/mol. The highest BCUT2D eigenvalue weighted by Crippen LogP contribution is 2.00. The SMILES string of the molecule is CCN(CC(=O)OC)C(=O)N(CC(=O)O)CC(=O)O. The third-order valence-corrected chi connectivity index (χ3v) is 2.12. The molecule has 0 unspecified atom stereocenters. The van der Waals surface area contributed by atoms with Crippen molar-refractivity contribution in [2.45, 2.75) is 6.92 Å². The van der Waals surface area contributed by atoms with Gasteiger partial charge in [-0.1, -0.05) is 0 Å². The average Bonchev–Trinajstić information content (AvgIpc) is 2.32. The summed E-state index contributed by atoms with van der Waals surface area (Å²) in [6.45, 7) is -0.211. The number of hydrogen-bond acceptors (Lipinski definition) is 5. The molecule has 0 aromatic heterocycles. The lowest BCUT2D eigenvalue weighted by Crippen LogP contribution is -2.49. The van der Waals surface area contributed by atoms with Gasteiger partial charge < -0.3 is 24.7 Å². The molecule has 0 radical (unpaired) electrons. The summed E-state index contributed by atoms with van der Waals surface area (Å²) in [5.74, 6) is -3.37. The van der Waals surface area contributed by atoms with E-state index in [9.17, 15) is 19.2 Å². The molecule has 0 rings (SSSR count). The molecule has 19 heavy (non-hydrogen) atoms. The first-order chi connectivity index (χ1) is 8.81. The van der Waals surface area contributed by atoms with Crippen LogP contribution in [0.1, 0.15) is 6.92 Å². The van der Waals surface area contributed by atoms with Crippen LogP contribution in [0, 0.1) is 0 Å². The number of aliphatic carboxylic acids is 2. The van der Waals surface area contributed by atoms with Gasteiger partial charge in [-0.2, -0.15) is 0 Å². The summed E-state index contributed by atoms with van der Waals surface area (Å²) in [4.78, 5) is 45.8. The lowest BCUT2D eigenvalue weighted by Gasteiger charge is -2.26. The lowest BCUT2D eigenvalue weighted by atomic mass is 10.4. The van der Waals surface area contributed by atoms with Gasteiger partial charge in [0, 0.05) is 6.54 Å². The largest absolute Gasteiger partial charge is 0.480 e. The molecule has 0 aliphatic heterocycles. The molecule has 0 aliphatic carbocycles. The van der Waals surface area contributed by atoms with E-state index in [-0.39, 0.29) is 13.1 Å². The highest BCUT2D eigenvalue weighted by Gasteiger charge is 2.25. The van der Waals surface area contributed by atoms with E-state index in [1.54, 1.807) is 6.92 Å².